The van der Waals surface area contributed by atoms with Gasteiger partial charge < -0.3 is 14.7 Å². The number of likely N-dealkylation sites (N-methyl/N-ethyl adjacent to an activating group) is 1. The molecule has 1 saturated heterocycles. The van der Waals surface area contributed by atoms with Gasteiger partial charge in [0.2, 0.25) is 0 Å². The van der Waals surface area contributed by atoms with Crippen LogP contribution in [0.3, 0.4) is 0 Å². The van der Waals surface area contributed by atoms with Crippen LogP contribution in [0.15, 0.2) is 24.3 Å². The first-order valence-electron chi connectivity index (χ1n) is 8.58. The molecule has 2 atom stereocenters. The second-order valence-corrected chi connectivity index (χ2v) is 7.62. The zero-order valence-electron chi connectivity index (χ0n) is 15.5. The first-order chi connectivity index (χ1) is 11.1. The molecule has 1 amide bonds. The van der Waals surface area contributed by atoms with Gasteiger partial charge >= 0.3 is 0 Å². The lowest BCUT2D eigenvalue weighted by atomic mass is 10.1. The van der Waals surface area contributed by atoms with Crippen molar-refractivity contribution in [3.63, 3.8) is 0 Å². The number of nitrogens with zero attached hydrogens (tertiary/aromatic N) is 2. The summed E-state index contributed by atoms with van der Waals surface area (Å²) in [5.41, 5.74) is 0.945. The third-order valence-electron chi connectivity index (χ3n) is 4.07. The summed E-state index contributed by atoms with van der Waals surface area (Å²) < 4.78 is 5.76. The highest BCUT2D eigenvalue weighted by Gasteiger charge is 2.23. The van der Waals surface area contributed by atoms with Crippen LogP contribution in [-0.2, 0) is 11.3 Å². The van der Waals surface area contributed by atoms with E-state index >= 15 is 0 Å². The number of carbonyl (C=O) groups is 1. The zero-order valence-corrected chi connectivity index (χ0v) is 15.5. The van der Waals surface area contributed by atoms with Gasteiger partial charge in [-0.15, -0.1) is 0 Å². The van der Waals surface area contributed by atoms with Gasteiger partial charge in [-0.3, -0.25) is 9.69 Å². The summed E-state index contributed by atoms with van der Waals surface area (Å²) in [6.45, 7) is 10.6. The maximum absolute atomic E-state index is 12.4. The van der Waals surface area contributed by atoms with E-state index in [2.05, 4.69) is 18.7 Å². The minimum atomic E-state index is -0.895. The lowest BCUT2D eigenvalue weighted by molar-refractivity contribution is -0.0704. The molecule has 24 heavy (non-hydrogen) atoms. The van der Waals surface area contributed by atoms with Gasteiger partial charge in [0, 0.05) is 38.8 Å². The van der Waals surface area contributed by atoms with Crippen LogP contribution in [0, 0.1) is 0 Å². The number of ether oxygens (including phenoxy) is 1. The van der Waals surface area contributed by atoms with E-state index < -0.39 is 5.60 Å². The normalized spacial score (nSPS) is 22.4. The lowest BCUT2D eigenvalue weighted by Gasteiger charge is -2.35. The fourth-order valence-electron chi connectivity index (χ4n) is 3.30. The molecule has 2 unspecified atom stereocenters. The molecular weight excluding hydrogens is 304 g/mol. The summed E-state index contributed by atoms with van der Waals surface area (Å²) in [6.07, 6.45) is 0.509. The maximum atomic E-state index is 12.4. The highest BCUT2D eigenvalue weighted by molar-refractivity contribution is 5.94. The molecule has 0 aliphatic carbocycles. The Labute approximate surface area is 145 Å². The van der Waals surface area contributed by atoms with Gasteiger partial charge in [0.25, 0.3) is 5.91 Å². The highest BCUT2D eigenvalue weighted by Crippen LogP contribution is 2.15. The number of rotatable bonds is 5. The van der Waals surface area contributed by atoms with Crippen molar-refractivity contribution in [3.8, 4) is 0 Å². The SMILES string of the molecule is CC1CN(Cc2ccc(C(=O)N(C)CC(C)(C)O)cc2)CC(C)O1. The van der Waals surface area contributed by atoms with Gasteiger partial charge in [0.05, 0.1) is 17.8 Å². The second-order valence-electron chi connectivity index (χ2n) is 7.62. The maximum Gasteiger partial charge on any atom is 0.253 e. The molecule has 5 nitrogen and oxygen atoms in total. The molecule has 1 aromatic carbocycles. The third kappa shape index (κ3) is 5.58. The summed E-state index contributed by atoms with van der Waals surface area (Å²) >= 11 is 0. The van der Waals surface area contributed by atoms with Crippen LogP contribution in [0.25, 0.3) is 0 Å². The van der Waals surface area contributed by atoms with Crippen molar-refractivity contribution in [2.75, 3.05) is 26.7 Å². The summed E-state index contributed by atoms with van der Waals surface area (Å²) in [6, 6.07) is 7.75. The van der Waals surface area contributed by atoms with E-state index in [1.165, 1.54) is 5.56 Å². The zero-order chi connectivity index (χ0) is 17.9. The first-order valence-corrected chi connectivity index (χ1v) is 8.58. The van der Waals surface area contributed by atoms with E-state index in [4.69, 9.17) is 4.74 Å². The Morgan fingerprint density at radius 3 is 2.29 bits per heavy atom. The Bertz CT molecular complexity index is 541. The van der Waals surface area contributed by atoms with Crippen LogP contribution >= 0.6 is 0 Å². The Morgan fingerprint density at radius 1 is 1.25 bits per heavy atom. The summed E-state index contributed by atoms with van der Waals surface area (Å²) in [7, 11) is 1.71. The fraction of sp³-hybridized carbons (Fsp3) is 0.632. The Morgan fingerprint density at radius 2 is 1.79 bits per heavy atom. The quantitative estimate of drug-likeness (QED) is 0.896. The summed E-state index contributed by atoms with van der Waals surface area (Å²) in [5, 5.41) is 9.84. The van der Waals surface area contributed by atoms with Gasteiger partial charge in [-0.1, -0.05) is 12.1 Å². The topological polar surface area (TPSA) is 53.0 Å². The second kappa shape index (κ2) is 7.64. The van der Waals surface area contributed by atoms with Gasteiger partial charge in [-0.2, -0.15) is 0 Å². The molecular formula is C19H30N2O3. The van der Waals surface area contributed by atoms with Crippen LogP contribution in [-0.4, -0.2) is 65.3 Å². The average Bonchev–Trinajstić information content (AvgIpc) is 2.44. The van der Waals surface area contributed by atoms with E-state index in [9.17, 15) is 9.90 Å². The highest BCUT2D eigenvalue weighted by atomic mass is 16.5. The number of amides is 1. The van der Waals surface area contributed by atoms with Crippen molar-refractivity contribution in [3.05, 3.63) is 35.4 Å². The fourth-order valence-corrected chi connectivity index (χ4v) is 3.30. The molecule has 134 valence electrons. The molecule has 1 fully saturated rings. The molecule has 0 aromatic heterocycles. The molecule has 0 bridgehead atoms. The smallest absolute Gasteiger partial charge is 0.253 e. The molecule has 0 radical (unpaired) electrons. The molecule has 5 heteroatoms. The Hall–Kier alpha value is -1.43. The summed E-state index contributed by atoms with van der Waals surface area (Å²) in [4.78, 5) is 16.3. The largest absolute Gasteiger partial charge is 0.389 e. The average molecular weight is 334 g/mol. The monoisotopic (exact) mass is 334 g/mol. The van der Waals surface area contributed by atoms with Crippen molar-refractivity contribution in [2.24, 2.45) is 0 Å². The van der Waals surface area contributed by atoms with E-state index in [0.29, 0.717) is 12.1 Å². The lowest BCUT2D eigenvalue weighted by Crippen LogP contribution is -2.44. The van der Waals surface area contributed by atoms with Crippen LogP contribution < -0.4 is 0 Å². The molecule has 2 rings (SSSR count). The van der Waals surface area contributed by atoms with Crippen molar-refractivity contribution in [1.29, 1.82) is 0 Å². The molecule has 0 saturated carbocycles. The first kappa shape index (κ1) is 18.9. The van der Waals surface area contributed by atoms with Gasteiger partial charge in [0.1, 0.15) is 0 Å². The van der Waals surface area contributed by atoms with E-state index in [1.807, 2.05) is 24.3 Å². The molecule has 1 N–H and O–H groups in total. The standard InChI is InChI=1S/C19H30N2O3/c1-14-10-21(11-15(2)24-14)12-16-6-8-17(9-7-16)18(22)20(5)13-19(3,4)23/h6-9,14-15,23H,10-13H2,1-5H3. The minimum Gasteiger partial charge on any atom is -0.389 e. The van der Waals surface area contributed by atoms with Crippen molar-refractivity contribution in [1.82, 2.24) is 9.80 Å². The van der Waals surface area contributed by atoms with Crippen LogP contribution in [0.2, 0.25) is 0 Å². The predicted molar refractivity (Wildman–Crippen MR) is 95.0 cm³/mol. The summed E-state index contributed by atoms with van der Waals surface area (Å²) in [5.74, 6) is -0.0720. The van der Waals surface area contributed by atoms with E-state index in [0.717, 1.165) is 19.6 Å². The molecule has 1 aliphatic rings. The van der Waals surface area contributed by atoms with E-state index in [1.54, 1.807) is 25.8 Å². The van der Waals surface area contributed by atoms with Gasteiger partial charge in [-0.25, -0.2) is 0 Å². The Balaban J connectivity index is 1.96. The van der Waals surface area contributed by atoms with E-state index in [-0.39, 0.29) is 18.1 Å². The third-order valence-corrected chi connectivity index (χ3v) is 4.07. The van der Waals surface area contributed by atoms with Gasteiger partial charge in [-0.05, 0) is 45.4 Å². The molecule has 1 heterocycles. The number of morpholine rings is 1. The number of hydrogen-bond donors (Lipinski definition) is 1. The Kier molecular flexibility index (Phi) is 6.01. The van der Waals surface area contributed by atoms with Crippen LogP contribution in [0.1, 0.15) is 43.6 Å². The predicted octanol–water partition coefficient (Wildman–Crippen LogP) is 2.14. The molecule has 1 aliphatic heterocycles. The van der Waals surface area contributed by atoms with Gasteiger partial charge in [0.15, 0.2) is 0 Å². The molecule has 0 spiro atoms. The molecule has 1 aromatic rings. The van der Waals surface area contributed by atoms with Crippen molar-refractivity contribution in [2.45, 2.75) is 52.0 Å². The number of hydrogen-bond acceptors (Lipinski definition) is 4. The van der Waals surface area contributed by atoms with Crippen molar-refractivity contribution >= 4 is 5.91 Å². The number of aliphatic hydroxyl groups is 1. The number of carbonyl (C=O) groups excluding carboxylic acids is 1. The van der Waals surface area contributed by atoms with Crippen LogP contribution in [0.5, 0.6) is 0 Å². The van der Waals surface area contributed by atoms with Crippen LogP contribution in [0.4, 0.5) is 0 Å². The van der Waals surface area contributed by atoms with Crippen molar-refractivity contribution < 1.29 is 14.6 Å². The minimum absolute atomic E-state index is 0.0720. The number of benzene rings is 1.